The highest BCUT2D eigenvalue weighted by atomic mass is 16.2. The zero-order valence-corrected chi connectivity index (χ0v) is 18.8. The number of amides is 2. The molecule has 0 radical (unpaired) electrons. The van der Waals surface area contributed by atoms with Crippen LogP contribution in [0.4, 0.5) is 5.69 Å². The molecule has 5 rings (SSSR count). The Balaban J connectivity index is 1.47. The van der Waals surface area contributed by atoms with Gasteiger partial charge < -0.3 is 14.8 Å². The first-order chi connectivity index (χ1) is 16.4. The van der Waals surface area contributed by atoms with Crippen LogP contribution in [0.25, 0.3) is 11.1 Å². The zero-order chi connectivity index (χ0) is 23.8. The van der Waals surface area contributed by atoms with Gasteiger partial charge in [-0.2, -0.15) is 5.26 Å². The molecular formula is C27H24N4O3. The van der Waals surface area contributed by atoms with Crippen LogP contribution in [-0.2, 0) is 11.3 Å². The largest absolute Gasteiger partial charge is 0.338 e. The molecule has 2 aromatic carbocycles. The number of hydrogen-bond acceptors (Lipinski definition) is 4. The van der Waals surface area contributed by atoms with Crippen LogP contribution in [0.3, 0.4) is 0 Å². The summed E-state index contributed by atoms with van der Waals surface area (Å²) in [5, 5.41) is 11.8. The van der Waals surface area contributed by atoms with Gasteiger partial charge >= 0.3 is 0 Å². The van der Waals surface area contributed by atoms with Crippen LogP contribution in [0.15, 0.2) is 65.5 Å². The number of benzene rings is 2. The molecule has 0 spiro atoms. The molecular weight excluding hydrogens is 428 g/mol. The van der Waals surface area contributed by atoms with E-state index in [2.05, 4.69) is 11.4 Å². The fourth-order valence-corrected chi connectivity index (χ4v) is 5.23. The Morgan fingerprint density at radius 3 is 2.38 bits per heavy atom. The minimum absolute atomic E-state index is 0.0183. The third-order valence-electron chi connectivity index (χ3n) is 6.65. The Morgan fingerprint density at radius 1 is 0.971 bits per heavy atom. The average molecular weight is 453 g/mol. The van der Waals surface area contributed by atoms with Crippen LogP contribution in [0.2, 0.25) is 0 Å². The standard InChI is InChI=1S/C27H24N4O3/c1-17(32)29-23-8-6-20(7-9-23)24-10-11-25(33)31-15-19-12-22(26(24)31)16-30(14-19)27(34)21-4-2-18(13-28)3-5-21/h2-11,19,22H,12,14-16H2,1H3,(H,29,32)/t19-,22+/m0/s1. The second-order valence-corrected chi connectivity index (χ2v) is 9.04. The Labute approximate surface area is 197 Å². The number of fused-ring (bicyclic) bond motifs is 4. The predicted octanol–water partition coefficient (Wildman–Crippen LogP) is 3.60. The number of pyridine rings is 1. The Kier molecular flexibility index (Phi) is 5.50. The van der Waals surface area contributed by atoms with Gasteiger partial charge in [0.1, 0.15) is 0 Å². The van der Waals surface area contributed by atoms with E-state index >= 15 is 0 Å². The second kappa shape index (κ2) is 8.64. The topological polar surface area (TPSA) is 95.2 Å². The summed E-state index contributed by atoms with van der Waals surface area (Å²) in [6.45, 7) is 3.20. The molecule has 0 saturated carbocycles. The van der Waals surface area contributed by atoms with E-state index in [4.69, 9.17) is 5.26 Å². The molecule has 0 aliphatic carbocycles. The van der Waals surface area contributed by atoms with Crippen LogP contribution in [0.1, 0.15) is 40.9 Å². The number of nitrogens with zero attached hydrogens (tertiary/aromatic N) is 3. The summed E-state index contributed by atoms with van der Waals surface area (Å²) < 4.78 is 1.87. The van der Waals surface area contributed by atoms with Gasteiger partial charge in [-0.25, -0.2) is 0 Å². The van der Waals surface area contributed by atoms with Gasteiger partial charge in [0.15, 0.2) is 0 Å². The maximum atomic E-state index is 13.2. The highest BCUT2D eigenvalue weighted by molar-refractivity contribution is 5.94. The maximum absolute atomic E-state index is 13.2. The normalized spacial score (nSPS) is 18.5. The minimum atomic E-state index is -0.128. The molecule has 0 unspecified atom stereocenters. The summed E-state index contributed by atoms with van der Waals surface area (Å²) in [5.41, 5.74) is 4.70. The molecule has 34 heavy (non-hydrogen) atoms. The smallest absolute Gasteiger partial charge is 0.253 e. The molecule has 1 saturated heterocycles. The molecule has 7 nitrogen and oxygen atoms in total. The van der Waals surface area contributed by atoms with E-state index in [0.29, 0.717) is 30.8 Å². The van der Waals surface area contributed by atoms with E-state index in [-0.39, 0.29) is 29.2 Å². The lowest BCUT2D eigenvalue weighted by Gasteiger charge is -2.43. The lowest BCUT2D eigenvalue weighted by Crippen LogP contribution is -2.49. The summed E-state index contributed by atoms with van der Waals surface area (Å²) in [6, 6.07) is 19.9. The SMILES string of the molecule is CC(=O)Nc1ccc(-c2ccc(=O)n3c2[C@@H]2C[C@@H](CN(C(=O)c4ccc(C#N)cc4)C2)C3)cc1. The summed E-state index contributed by atoms with van der Waals surface area (Å²) in [4.78, 5) is 39.2. The molecule has 2 aliphatic rings. The molecule has 2 aliphatic heterocycles. The molecule has 3 aromatic rings. The van der Waals surface area contributed by atoms with Crippen molar-refractivity contribution >= 4 is 17.5 Å². The van der Waals surface area contributed by atoms with Crippen LogP contribution in [0.5, 0.6) is 0 Å². The van der Waals surface area contributed by atoms with Crippen molar-refractivity contribution < 1.29 is 9.59 Å². The Morgan fingerprint density at radius 2 is 1.71 bits per heavy atom. The maximum Gasteiger partial charge on any atom is 0.253 e. The lowest BCUT2D eigenvalue weighted by molar-refractivity contribution is -0.114. The Bertz CT molecular complexity index is 1370. The highest BCUT2D eigenvalue weighted by Crippen LogP contribution is 2.40. The number of carbonyl (C=O) groups is 2. The molecule has 3 heterocycles. The third kappa shape index (κ3) is 3.99. The van der Waals surface area contributed by atoms with E-state index in [1.165, 1.54) is 6.92 Å². The van der Waals surface area contributed by atoms with Gasteiger partial charge in [0.2, 0.25) is 5.91 Å². The average Bonchev–Trinajstić information content (AvgIpc) is 2.84. The van der Waals surface area contributed by atoms with Crippen LogP contribution in [-0.4, -0.2) is 34.4 Å². The summed E-state index contributed by atoms with van der Waals surface area (Å²) in [7, 11) is 0. The number of anilines is 1. The van der Waals surface area contributed by atoms with E-state index in [0.717, 1.165) is 28.9 Å². The van der Waals surface area contributed by atoms with Gasteiger partial charge in [0.25, 0.3) is 11.5 Å². The number of nitrogens with one attached hydrogen (secondary N) is 1. The number of piperidine rings is 1. The molecule has 2 bridgehead atoms. The molecule has 2 amide bonds. The highest BCUT2D eigenvalue weighted by Gasteiger charge is 2.38. The first kappa shape index (κ1) is 21.7. The Hall–Kier alpha value is -4.18. The first-order valence-electron chi connectivity index (χ1n) is 11.3. The van der Waals surface area contributed by atoms with Gasteiger partial charge in [-0.15, -0.1) is 0 Å². The number of nitriles is 1. The molecule has 1 aromatic heterocycles. The van der Waals surface area contributed by atoms with E-state index in [1.807, 2.05) is 39.8 Å². The van der Waals surface area contributed by atoms with E-state index in [1.54, 1.807) is 30.3 Å². The fourth-order valence-electron chi connectivity index (χ4n) is 5.23. The van der Waals surface area contributed by atoms with Crippen molar-refractivity contribution in [2.24, 2.45) is 5.92 Å². The van der Waals surface area contributed by atoms with Crippen molar-refractivity contribution in [1.82, 2.24) is 9.47 Å². The van der Waals surface area contributed by atoms with Gasteiger partial charge in [0.05, 0.1) is 11.6 Å². The van der Waals surface area contributed by atoms with Gasteiger partial charge in [-0.1, -0.05) is 12.1 Å². The van der Waals surface area contributed by atoms with Crippen molar-refractivity contribution in [3.05, 3.63) is 87.8 Å². The first-order valence-corrected chi connectivity index (χ1v) is 11.3. The van der Waals surface area contributed by atoms with Gasteiger partial charge in [-0.3, -0.25) is 14.4 Å². The number of rotatable bonds is 3. The predicted molar refractivity (Wildman–Crippen MR) is 128 cm³/mol. The minimum Gasteiger partial charge on any atom is -0.338 e. The summed E-state index contributed by atoms with van der Waals surface area (Å²) in [6.07, 6.45) is 0.928. The number of hydrogen-bond donors (Lipinski definition) is 1. The van der Waals surface area contributed by atoms with E-state index < -0.39 is 0 Å². The molecule has 1 N–H and O–H groups in total. The number of likely N-dealkylation sites (tertiary alicyclic amines) is 1. The summed E-state index contributed by atoms with van der Waals surface area (Å²) in [5.74, 6) is 0.0845. The number of aromatic nitrogens is 1. The van der Waals surface area contributed by atoms with Gasteiger partial charge in [-0.05, 0) is 60.4 Å². The zero-order valence-electron chi connectivity index (χ0n) is 18.8. The third-order valence-corrected chi connectivity index (χ3v) is 6.65. The van der Waals surface area contributed by atoms with Crippen molar-refractivity contribution in [1.29, 1.82) is 5.26 Å². The molecule has 170 valence electrons. The lowest BCUT2D eigenvalue weighted by atomic mass is 9.80. The van der Waals surface area contributed by atoms with Crippen molar-refractivity contribution in [3.8, 4) is 17.2 Å². The number of carbonyl (C=O) groups excluding carboxylic acids is 2. The molecule has 1 fully saturated rings. The van der Waals surface area contributed by atoms with Crippen molar-refractivity contribution in [2.75, 3.05) is 18.4 Å². The van der Waals surface area contributed by atoms with Crippen LogP contribution < -0.4 is 10.9 Å². The van der Waals surface area contributed by atoms with Crippen molar-refractivity contribution in [3.63, 3.8) is 0 Å². The monoisotopic (exact) mass is 452 g/mol. The van der Waals surface area contributed by atoms with Crippen LogP contribution in [0, 0.1) is 17.2 Å². The fraction of sp³-hybridized carbons (Fsp3) is 0.259. The van der Waals surface area contributed by atoms with Gasteiger partial charge in [0, 0.05) is 61.1 Å². The van der Waals surface area contributed by atoms with Crippen LogP contribution >= 0.6 is 0 Å². The molecule has 2 atom stereocenters. The summed E-state index contributed by atoms with van der Waals surface area (Å²) >= 11 is 0. The van der Waals surface area contributed by atoms with Crippen molar-refractivity contribution in [2.45, 2.75) is 25.8 Å². The molecule has 7 heteroatoms. The van der Waals surface area contributed by atoms with E-state index in [9.17, 15) is 14.4 Å². The second-order valence-electron chi connectivity index (χ2n) is 9.04. The quantitative estimate of drug-likeness (QED) is 0.657.